The van der Waals surface area contributed by atoms with Gasteiger partial charge in [0.15, 0.2) is 0 Å². The molecule has 0 bridgehead atoms. The summed E-state index contributed by atoms with van der Waals surface area (Å²) >= 11 is 11.7. The van der Waals surface area contributed by atoms with Crippen LogP contribution in [-0.2, 0) is 6.42 Å². The number of aliphatic hydroxyl groups excluding tert-OH is 1. The van der Waals surface area contributed by atoms with Crippen LogP contribution in [0.4, 0.5) is 4.39 Å². The first-order valence-corrected chi connectivity index (χ1v) is 6.20. The molecule has 0 radical (unpaired) electrons. The molecule has 94 valence electrons. The number of halogens is 3. The van der Waals surface area contributed by atoms with Gasteiger partial charge in [0.1, 0.15) is 5.82 Å². The van der Waals surface area contributed by atoms with Crippen LogP contribution in [0.2, 0.25) is 10.0 Å². The summed E-state index contributed by atoms with van der Waals surface area (Å²) in [6.07, 6.45) is -0.518. The maximum atomic E-state index is 13.3. The van der Waals surface area contributed by atoms with E-state index in [0.717, 1.165) is 5.56 Å². The van der Waals surface area contributed by atoms with Crippen molar-refractivity contribution in [1.82, 2.24) is 0 Å². The van der Waals surface area contributed by atoms with Gasteiger partial charge in [-0.25, -0.2) is 4.39 Å². The smallest absolute Gasteiger partial charge is 0.142 e. The van der Waals surface area contributed by atoms with Crippen molar-refractivity contribution in [2.45, 2.75) is 12.5 Å². The molecule has 1 unspecified atom stereocenters. The van der Waals surface area contributed by atoms with E-state index in [4.69, 9.17) is 23.2 Å². The molecule has 0 aliphatic heterocycles. The lowest BCUT2D eigenvalue weighted by molar-refractivity contribution is 0.178. The highest BCUT2D eigenvalue weighted by Gasteiger charge is 2.14. The largest absolute Gasteiger partial charge is 0.388 e. The first-order valence-electron chi connectivity index (χ1n) is 5.44. The Kier molecular flexibility index (Phi) is 4.23. The molecule has 0 aliphatic rings. The van der Waals surface area contributed by atoms with Crippen LogP contribution in [-0.4, -0.2) is 5.11 Å². The molecule has 0 heterocycles. The van der Waals surface area contributed by atoms with Crippen LogP contribution in [0.3, 0.4) is 0 Å². The molecule has 1 atom stereocenters. The highest BCUT2D eigenvalue weighted by atomic mass is 35.5. The number of benzene rings is 2. The zero-order chi connectivity index (χ0) is 13.1. The minimum atomic E-state index is -0.855. The van der Waals surface area contributed by atoms with Gasteiger partial charge in [0.2, 0.25) is 0 Å². The van der Waals surface area contributed by atoms with Gasteiger partial charge in [-0.3, -0.25) is 0 Å². The molecular weight excluding hydrogens is 274 g/mol. The molecule has 2 aromatic carbocycles. The summed E-state index contributed by atoms with van der Waals surface area (Å²) in [4.78, 5) is 0. The van der Waals surface area contributed by atoms with E-state index >= 15 is 0 Å². The Hall–Kier alpha value is -1.09. The van der Waals surface area contributed by atoms with Gasteiger partial charge in [-0.15, -0.1) is 0 Å². The Bertz CT molecular complexity index is 557. The standard InChI is InChI=1S/C14H11Cl2FO/c15-10-4-1-3-9(7-10)8-13(18)11-5-2-6-12(17)14(11)16/h1-7,13,18H,8H2. The van der Waals surface area contributed by atoms with Crippen molar-refractivity contribution < 1.29 is 9.50 Å². The van der Waals surface area contributed by atoms with E-state index in [2.05, 4.69) is 0 Å². The highest BCUT2D eigenvalue weighted by Crippen LogP contribution is 2.28. The average molecular weight is 285 g/mol. The summed E-state index contributed by atoms with van der Waals surface area (Å²) in [5.74, 6) is -0.528. The van der Waals surface area contributed by atoms with Crippen LogP contribution in [0.15, 0.2) is 42.5 Å². The van der Waals surface area contributed by atoms with Gasteiger partial charge in [0.25, 0.3) is 0 Å². The van der Waals surface area contributed by atoms with E-state index in [1.165, 1.54) is 12.1 Å². The molecule has 2 aromatic rings. The van der Waals surface area contributed by atoms with E-state index < -0.39 is 11.9 Å². The van der Waals surface area contributed by atoms with Crippen LogP contribution in [0, 0.1) is 5.82 Å². The molecule has 0 aliphatic carbocycles. The SMILES string of the molecule is OC(Cc1cccc(Cl)c1)c1cccc(F)c1Cl. The average Bonchev–Trinajstić information content (AvgIpc) is 2.32. The molecule has 0 fully saturated rings. The van der Waals surface area contributed by atoms with E-state index in [0.29, 0.717) is 17.0 Å². The number of hydrogen-bond donors (Lipinski definition) is 1. The monoisotopic (exact) mass is 284 g/mol. The quantitative estimate of drug-likeness (QED) is 0.885. The fourth-order valence-electron chi connectivity index (χ4n) is 1.77. The Morgan fingerprint density at radius 3 is 2.56 bits per heavy atom. The lowest BCUT2D eigenvalue weighted by atomic mass is 10.0. The van der Waals surface area contributed by atoms with Gasteiger partial charge in [0.05, 0.1) is 11.1 Å². The predicted octanol–water partition coefficient (Wildman–Crippen LogP) is 4.41. The van der Waals surface area contributed by atoms with Gasteiger partial charge < -0.3 is 5.11 Å². The molecule has 0 aromatic heterocycles. The van der Waals surface area contributed by atoms with Crippen molar-refractivity contribution in [3.63, 3.8) is 0 Å². The number of rotatable bonds is 3. The van der Waals surface area contributed by atoms with Crippen LogP contribution in [0.25, 0.3) is 0 Å². The van der Waals surface area contributed by atoms with Crippen molar-refractivity contribution in [2.24, 2.45) is 0 Å². The summed E-state index contributed by atoms with van der Waals surface area (Å²) in [6.45, 7) is 0. The van der Waals surface area contributed by atoms with E-state index in [-0.39, 0.29) is 5.02 Å². The maximum absolute atomic E-state index is 13.3. The molecular formula is C14H11Cl2FO. The van der Waals surface area contributed by atoms with E-state index in [1.807, 2.05) is 6.07 Å². The molecule has 18 heavy (non-hydrogen) atoms. The summed E-state index contributed by atoms with van der Waals surface area (Å²) in [7, 11) is 0. The Morgan fingerprint density at radius 1 is 1.11 bits per heavy atom. The summed E-state index contributed by atoms with van der Waals surface area (Å²) in [5, 5.41) is 10.6. The second-order valence-electron chi connectivity index (χ2n) is 3.99. The third kappa shape index (κ3) is 3.02. The zero-order valence-electron chi connectivity index (χ0n) is 9.41. The number of hydrogen-bond acceptors (Lipinski definition) is 1. The lowest BCUT2D eigenvalue weighted by Gasteiger charge is -2.13. The fourth-order valence-corrected chi connectivity index (χ4v) is 2.24. The molecule has 0 saturated heterocycles. The zero-order valence-corrected chi connectivity index (χ0v) is 10.9. The summed E-state index contributed by atoms with van der Waals surface area (Å²) < 4.78 is 13.3. The topological polar surface area (TPSA) is 20.2 Å². The molecule has 1 nitrogen and oxygen atoms in total. The Labute approximate surface area is 115 Å². The van der Waals surface area contributed by atoms with Gasteiger partial charge in [-0.2, -0.15) is 0 Å². The number of aliphatic hydroxyl groups is 1. The first kappa shape index (κ1) is 13.3. The fraction of sp³-hybridized carbons (Fsp3) is 0.143. The third-order valence-corrected chi connectivity index (χ3v) is 3.29. The Balaban J connectivity index is 2.22. The molecule has 0 spiro atoms. The van der Waals surface area contributed by atoms with Crippen LogP contribution >= 0.6 is 23.2 Å². The van der Waals surface area contributed by atoms with Gasteiger partial charge in [-0.05, 0) is 23.8 Å². The lowest BCUT2D eigenvalue weighted by Crippen LogP contribution is -2.03. The second-order valence-corrected chi connectivity index (χ2v) is 4.81. The highest BCUT2D eigenvalue weighted by molar-refractivity contribution is 6.31. The third-order valence-electron chi connectivity index (χ3n) is 2.66. The van der Waals surface area contributed by atoms with Crippen LogP contribution in [0.5, 0.6) is 0 Å². The molecule has 4 heteroatoms. The predicted molar refractivity (Wildman–Crippen MR) is 71.5 cm³/mol. The van der Waals surface area contributed by atoms with Crippen LogP contribution in [0.1, 0.15) is 17.2 Å². The van der Waals surface area contributed by atoms with Gasteiger partial charge in [-0.1, -0.05) is 47.5 Å². The molecule has 0 saturated carbocycles. The second kappa shape index (κ2) is 5.70. The maximum Gasteiger partial charge on any atom is 0.142 e. The molecule has 0 amide bonds. The first-order chi connectivity index (χ1) is 8.58. The van der Waals surface area contributed by atoms with Crippen LogP contribution < -0.4 is 0 Å². The minimum Gasteiger partial charge on any atom is -0.388 e. The summed E-state index contributed by atoms with van der Waals surface area (Å²) in [6, 6.07) is 11.6. The van der Waals surface area contributed by atoms with Crippen molar-refractivity contribution in [2.75, 3.05) is 0 Å². The Morgan fingerprint density at radius 2 is 1.83 bits per heavy atom. The van der Waals surface area contributed by atoms with E-state index in [9.17, 15) is 9.50 Å². The molecule has 2 rings (SSSR count). The van der Waals surface area contributed by atoms with Crippen molar-refractivity contribution in [3.8, 4) is 0 Å². The minimum absolute atomic E-state index is 0.0352. The van der Waals surface area contributed by atoms with Gasteiger partial charge in [0, 0.05) is 17.0 Å². The van der Waals surface area contributed by atoms with Crippen molar-refractivity contribution in [1.29, 1.82) is 0 Å². The molecule has 1 N–H and O–H groups in total. The normalized spacial score (nSPS) is 12.4. The van der Waals surface area contributed by atoms with Crippen molar-refractivity contribution >= 4 is 23.2 Å². The van der Waals surface area contributed by atoms with Crippen molar-refractivity contribution in [3.05, 3.63) is 69.5 Å². The summed E-state index contributed by atoms with van der Waals surface area (Å²) in [5.41, 5.74) is 1.26. The van der Waals surface area contributed by atoms with E-state index in [1.54, 1.807) is 24.3 Å². The van der Waals surface area contributed by atoms with Gasteiger partial charge >= 0.3 is 0 Å².